The summed E-state index contributed by atoms with van der Waals surface area (Å²) in [5, 5.41) is 18.5. The van der Waals surface area contributed by atoms with E-state index in [0.717, 1.165) is 55.2 Å². The Balaban J connectivity index is 0.000000357. The van der Waals surface area contributed by atoms with E-state index in [1.54, 1.807) is 52.0 Å². The van der Waals surface area contributed by atoms with Gasteiger partial charge in [-0.3, -0.25) is 0 Å². The third kappa shape index (κ3) is 14.2. The van der Waals surface area contributed by atoms with Gasteiger partial charge in [-0.2, -0.15) is 0 Å². The minimum atomic E-state index is -0.927. The highest BCUT2D eigenvalue weighted by atomic mass is 16.5. The Hall–Kier alpha value is -4.53. The summed E-state index contributed by atoms with van der Waals surface area (Å²) in [7, 11) is 0. The molecule has 0 heterocycles. The maximum Gasteiger partial charge on any atom is 0.342 e. The maximum absolute atomic E-state index is 11.9. The number of unbranched alkanes of at least 4 members (excludes halogenated alkanes) is 4. The number of benzene rings is 3. The van der Waals surface area contributed by atoms with Gasteiger partial charge in [0.05, 0.1) is 26.4 Å². The van der Waals surface area contributed by atoms with Crippen LogP contribution in [0.1, 0.15) is 114 Å². The summed E-state index contributed by atoms with van der Waals surface area (Å²) in [5.41, 5.74) is 3.43. The molecule has 3 aromatic rings. The van der Waals surface area contributed by atoms with Gasteiger partial charge >= 0.3 is 17.9 Å². The predicted octanol–water partition coefficient (Wildman–Crippen LogP) is 8.88. The molecule has 258 valence electrons. The van der Waals surface area contributed by atoms with Gasteiger partial charge in [0, 0.05) is 0 Å². The molecule has 0 aliphatic carbocycles. The number of aromatic carboxylic acids is 1. The van der Waals surface area contributed by atoms with Crippen molar-refractivity contribution in [2.75, 3.05) is 26.4 Å². The molecule has 0 saturated carbocycles. The third-order valence-corrected chi connectivity index (χ3v) is 6.90. The number of hydrogen-bond acceptors (Lipinski definition) is 8. The summed E-state index contributed by atoms with van der Waals surface area (Å²) < 4.78 is 21.0. The van der Waals surface area contributed by atoms with E-state index in [1.165, 1.54) is 6.07 Å². The van der Waals surface area contributed by atoms with E-state index in [-0.39, 0.29) is 22.8 Å². The minimum Gasteiger partial charge on any atom is -0.507 e. The number of carboxylic acid groups (broad SMARTS) is 1. The van der Waals surface area contributed by atoms with Gasteiger partial charge in [-0.05, 0) is 82.3 Å². The summed E-state index contributed by atoms with van der Waals surface area (Å²) in [6, 6.07) is 15.8. The number of aryl methyl sites for hydroxylation is 3. The fourth-order valence-electron chi connectivity index (χ4n) is 4.45. The Morgan fingerprint density at radius 2 is 0.979 bits per heavy atom. The second-order valence-corrected chi connectivity index (χ2v) is 10.7. The van der Waals surface area contributed by atoms with Crippen molar-refractivity contribution in [3.8, 4) is 17.2 Å². The fraction of sp³-hybridized carbons (Fsp3) is 0.447. The van der Waals surface area contributed by atoms with Crippen molar-refractivity contribution in [1.29, 1.82) is 0 Å². The minimum absolute atomic E-state index is 0.0292. The largest absolute Gasteiger partial charge is 0.507 e. The van der Waals surface area contributed by atoms with Gasteiger partial charge in [0.15, 0.2) is 0 Å². The van der Waals surface area contributed by atoms with Crippen molar-refractivity contribution in [3.63, 3.8) is 0 Å². The Morgan fingerprint density at radius 1 is 0.574 bits per heavy atom. The van der Waals surface area contributed by atoms with Crippen LogP contribution in [-0.4, -0.2) is 54.5 Å². The molecule has 0 unspecified atom stereocenters. The highest BCUT2D eigenvalue weighted by molar-refractivity contribution is 5.94. The van der Waals surface area contributed by atoms with Gasteiger partial charge < -0.3 is 29.2 Å². The van der Waals surface area contributed by atoms with E-state index < -0.39 is 11.9 Å². The van der Waals surface area contributed by atoms with Crippen molar-refractivity contribution in [2.45, 2.75) is 87.0 Å². The number of esters is 2. The summed E-state index contributed by atoms with van der Waals surface area (Å²) in [6.07, 6.45) is 6.50. The van der Waals surface area contributed by atoms with Gasteiger partial charge in [0.25, 0.3) is 0 Å². The second kappa shape index (κ2) is 22.9. The SMILES string of the molecule is CCCCCOc1cccc(C)c1C(=O)O.CCCCCOc1cccc(C)c1C(=O)OCC.CCOC(=O)c1c(C)cccc1O. The number of aromatic hydroxyl groups is 1. The topological polar surface area (TPSA) is 129 Å². The Labute approximate surface area is 279 Å². The maximum atomic E-state index is 11.9. The quantitative estimate of drug-likeness (QED) is 0.122. The number of carbonyl (C=O) groups excluding carboxylic acids is 2. The molecule has 0 aromatic heterocycles. The lowest BCUT2D eigenvalue weighted by Crippen LogP contribution is -2.10. The molecule has 0 bridgehead atoms. The van der Waals surface area contributed by atoms with Crippen LogP contribution in [0.4, 0.5) is 0 Å². The van der Waals surface area contributed by atoms with Crippen molar-refractivity contribution < 1.29 is 43.5 Å². The molecule has 3 aromatic carbocycles. The van der Waals surface area contributed by atoms with Gasteiger partial charge in [-0.15, -0.1) is 0 Å². The average Bonchev–Trinajstić information content (AvgIpc) is 3.02. The van der Waals surface area contributed by atoms with Crippen LogP contribution in [0.5, 0.6) is 17.2 Å². The molecule has 0 spiro atoms. The zero-order valence-corrected chi connectivity index (χ0v) is 29.0. The molecule has 0 saturated heterocycles. The Kier molecular flexibility index (Phi) is 19.7. The molecule has 2 N–H and O–H groups in total. The molecule has 0 aliphatic heterocycles. The van der Waals surface area contributed by atoms with E-state index in [0.29, 0.717) is 43.5 Å². The lowest BCUT2D eigenvalue weighted by Gasteiger charge is -2.12. The van der Waals surface area contributed by atoms with E-state index in [4.69, 9.17) is 24.1 Å². The van der Waals surface area contributed by atoms with Crippen LogP contribution in [0.3, 0.4) is 0 Å². The molecule has 0 atom stereocenters. The molecule has 0 radical (unpaired) electrons. The molecular formula is C38H52O9. The molecule has 9 nitrogen and oxygen atoms in total. The lowest BCUT2D eigenvalue weighted by atomic mass is 10.1. The monoisotopic (exact) mass is 652 g/mol. The number of carbonyl (C=O) groups is 3. The summed E-state index contributed by atoms with van der Waals surface area (Å²) in [5.74, 6) is -0.630. The molecule has 47 heavy (non-hydrogen) atoms. The first-order valence-electron chi connectivity index (χ1n) is 16.3. The number of carboxylic acids is 1. The molecule has 3 rings (SSSR count). The molecular weight excluding hydrogens is 600 g/mol. The van der Waals surface area contributed by atoms with Crippen LogP contribution < -0.4 is 9.47 Å². The number of rotatable bonds is 15. The average molecular weight is 653 g/mol. The Bertz CT molecular complexity index is 1380. The number of ether oxygens (including phenoxy) is 4. The van der Waals surface area contributed by atoms with Crippen molar-refractivity contribution in [2.24, 2.45) is 0 Å². The third-order valence-electron chi connectivity index (χ3n) is 6.90. The zero-order chi connectivity index (χ0) is 35.2. The molecule has 0 aliphatic rings. The predicted molar refractivity (Wildman–Crippen MR) is 184 cm³/mol. The normalized spacial score (nSPS) is 10.0. The van der Waals surface area contributed by atoms with E-state index in [9.17, 15) is 19.5 Å². The first-order chi connectivity index (χ1) is 22.5. The first kappa shape index (κ1) is 40.5. The highest BCUT2D eigenvalue weighted by Crippen LogP contribution is 2.24. The van der Waals surface area contributed by atoms with Gasteiger partial charge in [-0.1, -0.05) is 75.9 Å². The van der Waals surface area contributed by atoms with Crippen LogP contribution in [0, 0.1) is 20.8 Å². The van der Waals surface area contributed by atoms with Crippen LogP contribution in [0.25, 0.3) is 0 Å². The van der Waals surface area contributed by atoms with E-state index in [2.05, 4.69) is 13.8 Å². The van der Waals surface area contributed by atoms with Gasteiger partial charge in [-0.25, -0.2) is 14.4 Å². The van der Waals surface area contributed by atoms with E-state index >= 15 is 0 Å². The van der Waals surface area contributed by atoms with Crippen molar-refractivity contribution in [3.05, 3.63) is 88.0 Å². The van der Waals surface area contributed by atoms with Crippen LogP contribution in [0.2, 0.25) is 0 Å². The molecule has 9 heteroatoms. The number of hydrogen-bond donors (Lipinski definition) is 2. The van der Waals surface area contributed by atoms with Gasteiger partial charge in [0.1, 0.15) is 33.9 Å². The molecule has 0 amide bonds. The van der Waals surface area contributed by atoms with Crippen LogP contribution in [0.15, 0.2) is 54.6 Å². The smallest absolute Gasteiger partial charge is 0.342 e. The summed E-state index contributed by atoms with van der Waals surface area (Å²) in [6.45, 7) is 15.1. The number of phenolic OH excluding ortho intramolecular Hbond substituents is 1. The van der Waals surface area contributed by atoms with Crippen LogP contribution >= 0.6 is 0 Å². The lowest BCUT2D eigenvalue weighted by molar-refractivity contribution is 0.0511. The highest BCUT2D eigenvalue weighted by Gasteiger charge is 2.17. The molecule has 0 fully saturated rings. The summed E-state index contributed by atoms with van der Waals surface area (Å²) in [4.78, 5) is 34.2. The van der Waals surface area contributed by atoms with Crippen molar-refractivity contribution in [1.82, 2.24) is 0 Å². The zero-order valence-electron chi connectivity index (χ0n) is 29.0. The number of phenols is 1. The standard InChI is InChI=1S/C15H22O3.C13H18O3.C10H12O3/c1-4-6-7-11-18-13-10-8-9-12(3)14(13)15(16)17-5-2;1-3-4-5-9-16-11-8-6-7-10(2)12(11)13(14)15;1-3-13-10(12)9-7(2)5-4-6-8(9)11/h8-10H,4-7,11H2,1-3H3;6-8H,3-5,9H2,1-2H3,(H,14,15);4-6,11H,3H2,1-2H3. The van der Waals surface area contributed by atoms with E-state index in [1.807, 2.05) is 31.2 Å². The summed E-state index contributed by atoms with van der Waals surface area (Å²) >= 11 is 0. The first-order valence-corrected chi connectivity index (χ1v) is 16.3. The second-order valence-electron chi connectivity index (χ2n) is 10.7. The van der Waals surface area contributed by atoms with Gasteiger partial charge in [0.2, 0.25) is 0 Å². The fourth-order valence-corrected chi connectivity index (χ4v) is 4.45. The Morgan fingerprint density at radius 3 is 1.40 bits per heavy atom. The van der Waals surface area contributed by atoms with Crippen molar-refractivity contribution >= 4 is 17.9 Å². The van der Waals surface area contributed by atoms with Crippen LogP contribution in [-0.2, 0) is 9.47 Å².